The monoisotopic (exact) mass is 348 g/mol. The van der Waals surface area contributed by atoms with Gasteiger partial charge in [0.15, 0.2) is 0 Å². The minimum atomic E-state index is 0.336. The minimum absolute atomic E-state index is 0.336. The molecule has 0 saturated carbocycles. The first-order chi connectivity index (χ1) is 9.51. The van der Waals surface area contributed by atoms with Crippen molar-refractivity contribution in [3.05, 3.63) is 50.4 Å². The van der Waals surface area contributed by atoms with Crippen LogP contribution in [0.2, 0.25) is 20.1 Å². The third-order valence-corrected chi connectivity index (χ3v) is 3.51. The van der Waals surface area contributed by atoms with Gasteiger partial charge in [-0.3, -0.25) is 0 Å². The molecule has 20 heavy (non-hydrogen) atoms. The predicted molar refractivity (Wildman–Crippen MR) is 83.7 cm³/mol. The lowest BCUT2D eigenvalue weighted by Gasteiger charge is -2.05. The summed E-state index contributed by atoms with van der Waals surface area (Å²) in [6.45, 7) is 0. The maximum Gasteiger partial charge on any atom is 0.123 e. The molecule has 2 aromatic carbocycles. The van der Waals surface area contributed by atoms with Gasteiger partial charge in [0.05, 0.1) is 22.2 Å². The summed E-state index contributed by atoms with van der Waals surface area (Å²) in [6.07, 6.45) is 0. The van der Waals surface area contributed by atoms with Crippen molar-refractivity contribution in [1.29, 1.82) is 0 Å². The highest BCUT2D eigenvalue weighted by Crippen LogP contribution is 2.38. The number of hydrogen-bond donors (Lipinski definition) is 0. The van der Waals surface area contributed by atoms with Crippen LogP contribution < -0.4 is 4.74 Å². The Bertz CT molecular complexity index is 650. The SMILES string of the molecule is COc1cc(Cl)c(N=Nc2ccc(Cl)cc2Cl)c(Cl)c1. The van der Waals surface area contributed by atoms with Gasteiger partial charge in [0.1, 0.15) is 17.1 Å². The Morgan fingerprint density at radius 3 is 2.05 bits per heavy atom. The van der Waals surface area contributed by atoms with E-state index in [0.29, 0.717) is 37.2 Å². The topological polar surface area (TPSA) is 34.0 Å². The number of methoxy groups -OCH3 is 1. The largest absolute Gasteiger partial charge is 0.497 e. The van der Waals surface area contributed by atoms with E-state index in [1.165, 1.54) is 7.11 Å². The Hall–Kier alpha value is -1.000. The van der Waals surface area contributed by atoms with Crippen molar-refractivity contribution >= 4 is 57.8 Å². The second-order valence-corrected chi connectivity index (χ2v) is 5.39. The van der Waals surface area contributed by atoms with Gasteiger partial charge in [0.25, 0.3) is 0 Å². The summed E-state index contributed by atoms with van der Waals surface area (Å²) in [7, 11) is 1.52. The first-order valence-electron chi connectivity index (χ1n) is 5.41. The maximum absolute atomic E-state index is 6.07. The Labute approximate surface area is 136 Å². The van der Waals surface area contributed by atoms with Crippen LogP contribution in [0, 0.1) is 0 Å². The lowest BCUT2D eigenvalue weighted by molar-refractivity contribution is 0.415. The number of rotatable bonds is 3. The molecule has 0 aliphatic heterocycles. The quantitative estimate of drug-likeness (QED) is 0.566. The molecule has 7 heteroatoms. The smallest absolute Gasteiger partial charge is 0.123 e. The van der Waals surface area contributed by atoms with E-state index in [1.807, 2.05) is 0 Å². The van der Waals surface area contributed by atoms with Crippen molar-refractivity contribution in [2.45, 2.75) is 0 Å². The van der Waals surface area contributed by atoms with E-state index in [9.17, 15) is 0 Å². The number of ether oxygens (including phenoxy) is 1. The van der Waals surface area contributed by atoms with E-state index in [2.05, 4.69) is 10.2 Å². The summed E-state index contributed by atoms with van der Waals surface area (Å²) in [6, 6.07) is 8.10. The summed E-state index contributed by atoms with van der Waals surface area (Å²) in [5.74, 6) is 0.545. The second kappa shape index (κ2) is 6.64. The Morgan fingerprint density at radius 1 is 0.850 bits per heavy atom. The van der Waals surface area contributed by atoms with Crippen LogP contribution in [0.5, 0.6) is 5.75 Å². The molecule has 0 amide bonds. The van der Waals surface area contributed by atoms with Crippen LogP contribution in [-0.2, 0) is 0 Å². The molecule has 0 heterocycles. The van der Waals surface area contributed by atoms with Gasteiger partial charge < -0.3 is 4.74 Å². The molecule has 0 fully saturated rings. The Kier molecular flexibility index (Phi) is 5.11. The van der Waals surface area contributed by atoms with Gasteiger partial charge in [0, 0.05) is 17.2 Å². The molecule has 0 spiro atoms. The van der Waals surface area contributed by atoms with Crippen LogP contribution in [0.1, 0.15) is 0 Å². The van der Waals surface area contributed by atoms with E-state index in [1.54, 1.807) is 30.3 Å². The molecular formula is C13H8Cl4N2O. The van der Waals surface area contributed by atoms with Crippen molar-refractivity contribution in [2.24, 2.45) is 10.2 Å². The standard InChI is InChI=1S/C13H8Cl4N2O/c1-20-8-5-10(16)13(11(17)6-8)19-18-12-3-2-7(14)4-9(12)15/h2-6H,1H3. The van der Waals surface area contributed by atoms with Crippen LogP contribution in [-0.4, -0.2) is 7.11 Å². The number of nitrogens with zero attached hydrogens (tertiary/aromatic N) is 2. The van der Waals surface area contributed by atoms with Crippen LogP contribution >= 0.6 is 46.4 Å². The predicted octanol–water partition coefficient (Wildman–Crippen LogP) is 6.72. The van der Waals surface area contributed by atoms with Crippen molar-refractivity contribution in [3.63, 3.8) is 0 Å². The zero-order valence-corrected chi connectivity index (χ0v) is 13.2. The Balaban J connectivity index is 2.36. The van der Waals surface area contributed by atoms with E-state index in [0.717, 1.165) is 0 Å². The fourth-order valence-electron chi connectivity index (χ4n) is 1.42. The van der Waals surface area contributed by atoms with Gasteiger partial charge in [-0.05, 0) is 18.2 Å². The molecule has 2 rings (SSSR count). The Morgan fingerprint density at radius 2 is 1.50 bits per heavy atom. The lowest BCUT2D eigenvalue weighted by Crippen LogP contribution is -1.82. The summed E-state index contributed by atoms with van der Waals surface area (Å²) >= 11 is 23.9. The highest BCUT2D eigenvalue weighted by molar-refractivity contribution is 6.39. The number of azo groups is 1. The molecule has 2 aromatic rings. The van der Waals surface area contributed by atoms with Crippen LogP contribution in [0.25, 0.3) is 0 Å². The molecule has 0 unspecified atom stereocenters. The molecular weight excluding hydrogens is 342 g/mol. The van der Waals surface area contributed by atoms with Crippen molar-refractivity contribution in [1.82, 2.24) is 0 Å². The van der Waals surface area contributed by atoms with Crippen molar-refractivity contribution < 1.29 is 4.74 Å². The first-order valence-corrected chi connectivity index (χ1v) is 6.92. The van der Waals surface area contributed by atoms with Gasteiger partial charge in [0.2, 0.25) is 0 Å². The summed E-state index contributed by atoms with van der Waals surface area (Å²) in [4.78, 5) is 0. The van der Waals surface area contributed by atoms with E-state index < -0.39 is 0 Å². The third kappa shape index (κ3) is 3.55. The molecule has 0 saturated heterocycles. The molecule has 0 aliphatic carbocycles. The van der Waals surface area contributed by atoms with Gasteiger partial charge >= 0.3 is 0 Å². The molecule has 0 atom stereocenters. The van der Waals surface area contributed by atoms with Crippen LogP contribution in [0.4, 0.5) is 11.4 Å². The normalized spacial score (nSPS) is 11.1. The zero-order chi connectivity index (χ0) is 14.7. The summed E-state index contributed by atoms with van der Waals surface area (Å²) in [5.41, 5.74) is 0.819. The third-order valence-electron chi connectivity index (χ3n) is 2.39. The number of benzene rings is 2. The average Bonchev–Trinajstić information content (AvgIpc) is 2.39. The van der Waals surface area contributed by atoms with Crippen LogP contribution in [0.3, 0.4) is 0 Å². The van der Waals surface area contributed by atoms with E-state index >= 15 is 0 Å². The molecule has 3 nitrogen and oxygen atoms in total. The first kappa shape index (κ1) is 15.4. The average molecular weight is 350 g/mol. The summed E-state index contributed by atoms with van der Waals surface area (Å²) in [5, 5.41) is 9.62. The molecule has 0 aromatic heterocycles. The van der Waals surface area contributed by atoms with Gasteiger partial charge in [-0.1, -0.05) is 46.4 Å². The highest BCUT2D eigenvalue weighted by atomic mass is 35.5. The van der Waals surface area contributed by atoms with Crippen LogP contribution in [0.15, 0.2) is 40.6 Å². The van der Waals surface area contributed by atoms with Gasteiger partial charge in [-0.2, -0.15) is 0 Å². The fourth-order valence-corrected chi connectivity index (χ4v) is 2.41. The zero-order valence-electron chi connectivity index (χ0n) is 10.2. The van der Waals surface area contributed by atoms with Gasteiger partial charge in [-0.15, -0.1) is 10.2 Å². The van der Waals surface area contributed by atoms with Crippen molar-refractivity contribution in [2.75, 3.05) is 7.11 Å². The lowest BCUT2D eigenvalue weighted by atomic mass is 10.3. The minimum Gasteiger partial charge on any atom is -0.497 e. The van der Waals surface area contributed by atoms with Crippen molar-refractivity contribution in [3.8, 4) is 5.75 Å². The number of halogens is 4. The number of hydrogen-bond acceptors (Lipinski definition) is 3. The van der Waals surface area contributed by atoms with Gasteiger partial charge in [-0.25, -0.2) is 0 Å². The molecule has 0 radical (unpaired) electrons. The maximum atomic E-state index is 6.07. The van der Waals surface area contributed by atoms with E-state index in [-0.39, 0.29) is 0 Å². The molecule has 104 valence electrons. The molecule has 0 aliphatic rings. The van der Waals surface area contributed by atoms with E-state index in [4.69, 9.17) is 51.1 Å². The highest BCUT2D eigenvalue weighted by Gasteiger charge is 2.08. The second-order valence-electron chi connectivity index (χ2n) is 3.74. The molecule has 0 N–H and O–H groups in total. The molecule has 0 bridgehead atoms. The summed E-state index contributed by atoms with van der Waals surface area (Å²) < 4.78 is 5.05. The fraction of sp³-hybridized carbons (Fsp3) is 0.0769.